The zero-order valence-corrected chi connectivity index (χ0v) is 13.8. The second-order valence-corrected chi connectivity index (χ2v) is 6.41. The lowest BCUT2D eigenvalue weighted by Gasteiger charge is -2.35. The first-order valence-corrected chi connectivity index (χ1v) is 8.31. The van der Waals surface area contributed by atoms with Gasteiger partial charge in [-0.3, -0.25) is 4.90 Å². The van der Waals surface area contributed by atoms with Crippen molar-refractivity contribution in [1.82, 2.24) is 14.8 Å². The van der Waals surface area contributed by atoms with Gasteiger partial charge >= 0.3 is 0 Å². The van der Waals surface area contributed by atoms with Crippen LogP contribution in [-0.2, 0) is 6.54 Å². The Morgan fingerprint density at radius 1 is 1.19 bits per heavy atom. The molecule has 4 heteroatoms. The van der Waals surface area contributed by atoms with E-state index in [1.807, 2.05) is 12.3 Å². The summed E-state index contributed by atoms with van der Waals surface area (Å²) in [5.74, 6) is 1.82. The van der Waals surface area contributed by atoms with E-state index in [-0.39, 0.29) is 0 Å². The molecule has 2 heterocycles. The highest BCUT2D eigenvalue weighted by molar-refractivity contribution is 5.43. The van der Waals surface area contributed by atoms with E-state index >= 15 is 0 Å². The van der Waals surface area contributed by atoms with Crippen molar-refractivity contribution in [2.45, 2.75) is 33.7 Å². The van der Waals surface area contributed by atoms with Crippen LogP contribution in [0.2, 0.25) is 0 Å². The molecule has 0 saturated carbocycles. The van der Waals surface area contributed by atoms with E-state index < -0.39 is 0 Å². The van der Waals surface area contributed by atoms with Gasteiger partial charge in [0, 0.05) is 57.6 Å². The van der Waals surface area contributed by atoms with Crippen LogP contribution >= 0.6 is 0 Å². The second-order valence-electron chi connectivity index (χ2n) is 6.41. The molecular weight excluding hydrogens is 260 g/mol. The number of aromatic nitrogens is 1. The first-order valence-electron chi connectivity index (χ1n) is 8.31. The highest BCUT2D eigenvalue weighted by Crippen LogP contribution is 2.16. The van der Waals surface area contributed by atoms with E-state index in [1.165, 1.54) is 25.2 Å². The van der Waals surface area contributed by atoms with Gasteiger partial charge in [-0.25, -0.2) is 4.98 Å². The van der Waals surface area contributed by atoms with Crippen molar-refractivity contribution in [3.05, 3.63) is 23.9 Å². The van der Waals surface area contributed by atoms with Crippen LogP contribution in [0.25, 0.3) is 0 Å². The van der Waals surface area contributed by atoms with Gasteiger partial charge < -0.3 is 10.2 Å². The van der Waals surface area contributed by atoms with E-state index in [1.54, 1.807) is 0 Å². The maximum Gasteiger partial charge on any atom is 0.130 e. The Hall–Kier alpha value is -1.13. The van der Waals surface area contributed by atoms with Crippen LogP contribution in [0, 0.1) is 5.92 Å². The predicted octanol–water partition coefficient (Wildman–Crippen LogP) is 2.68. The lowest BCUT2D eigenvalue weighted by atomic mass is 10.1. The average molecular weight is 290 g/mol. The molecule has 0 radical (unpaired) electrons. The zero-order valence-electron chi connectivity index (χ0n) is 13.8. The maximum atomic E-state index is 4.49. The van der Waals surface area contributed by atoms with Crippen molar-refractivity contribution in [2.75, 3.05) is 44.6 Å². The van der Waals surface area contributed by atoms with Crippen molar-refractivity contribution in [3.63, 3.8) is 0 Å². The first kappa shape index (κ1) is 16.2. The summed E-state index contributed by atoms with van der Waals surface area (Å²) in [6.07, 6.45) is 3.01. The van der Waals surface area contributed by atoms with Crippen LogP contribution < -0.4 is 5.32 Å². The molecule has 1 N–H and O–H groups in total. The molecule has 0 spiro atoms. The van der Waals surface area contributed by atoms with Crippen molar-refractivity contribution in [2.24, 2.45) is 5.92 Å². The van der Waals surface area contributed by atoms with E-state index in [0.29, 0.717) is 0 Å². The van der Waals surface area contributed by atoms with E-state index in [9.17, 15) is 0 Å². The molecule has 0 aliphatic carbocycles. The minimum atomic E-state index is 0.764. The summed E-state index contributed by atoms with van der Waals surface area (Å²) in [5, 5.41) is 3.44. The fourth-order valence-corrected chi connectivity index (χ4v) is 2.86. The molecule has 1 fully saturated rings. The lowest BCUT2D eigenvalue weighted by Crippen LogP contribution is -2.46. The highest BCUT2D eigenvalue weighted by Gasteiger charge is 2.18. The summed E-state index contributed by atoms with van der Waals surface area (Å²) in [5.41, 5.74) is 1.32. The van der Waals surface area contributed by atoms with Crippen LogP contribution in [0.4, 0.5) is 5.82 Å². The van der Waals surface area contributed by atoms with E-state index in [0.717, 1.165) is 44.3 Å². The summed E-state index contributed by atoms with van der Waals surface area (Å²) < 4.78 is 0. The smallest absolute Gasteiger partial charge is 0.130 e. The van der Waals surface area contributed by atoms with Gasteiger partial charge in [0.05, 0.1) is 0 Å². The molecule has 118 valence electrons. The monoisotopic (exact) mass is 290 g/mol. The van der Waals surface area contributed by atoms with E-state index in [2.05, 4.69) is 46.9 Å². The Labute approximate surface area is 129 Å². The topological polar surface area (TPSA) is 31.4 Å². The normalized spacial score (nSPS) is 17.3. The Morgan fingerprint density at radius 3 is 2.57 bits per heavy atom. The van der Waals surface area contributed by atoms with Crippen LogP contribution in [0.15, 0.2) is 18.3 Å². The van der Waals surface area contributed by atoms with Gasteiger partial charge in [0.2, 0.25) is 0 Å². The number of nitrogens with one attached hydrogen (secondary N) is 1. The molecular formula is C17H30N4. The molecule has 1 aliphatic rings. The predicted molar refractivity (Wildman–Crippen MR) is 89.6 cm³/mol. The molecule has 0 aromatic carbocycles. The lowest BCUT2D eigenvalue weighted by molar-refractivity contribution is 0.117. The Kier molecular flexibility index (Phi) is 6.46. The van der Waals surface area contributed by atoms with Crippen molar-refractivity contribution in [1.29, 1.82) is 0 Å². The molecule has 2 rings (SSSR count). The highest BCUT2D eigenvalue weighted by atomic mass is 15.3. The van der Waals surface area contributed by atoms with Gasteiger partial charge in [-0.15, -0.1) is 0 Å². The zero-order chi connectivity index (χ0) is 15.1. The largest absolute Gasteiger partial charge is 0.370 e. The number of hydrogen-bond donors (Lipinski definition) is 1. The second kappa shape index (κ2) is 8.35. The summed E-state index contributed by atoms with van der Waals surface area (Å²) in [4.78, 5) is 9.62. The maximum absolute atomic E-state index is 4.49. The molecule has 1 aromatic heterocycles. The molecule has 4 nitrogen and oxygen atoms in total. The standard InChI is InChI=1S/C17H30N4/c1-4-7-18-17-16(6-5-8-19-17)14-21-11-9-20(10-12-21)13-15(2)3/h5-6,8,15H,4,7,9-14H2,1-3H3,(H,18,19). The van der Waals surface area contributed by atoms with Crippen molar-refractivity contribution >= 4 is 5.82 Å². The molecule has 1 saturated heterocycles. The van der Waals surface area contributed by atoms with Gasteiger partial charge in [-0.2, -0.15) is 0 Å². The molecule has 0 amide bonds. The Morgan fingerprint density at radius 2 is 1.90 bits per heavy atom. The summed E-state index contributed by atoms with van der Waals surface area (Å²) in [6, 6.07) is 4.24. The molecule has 0 bridgehead atoms. The third-order valence-electron chi connectivity index (χ3n) is 3.92. The van der Waals surface area contributed by atoms with Crippen LogP contribution in [0.1, 0.15) is 32.8 Å². The summed E-state index contributed by atoms with van der Waals surface area (Å²) in [6.45, 7) is 14.7. The minimum absolute atomic E-state index is 0.764. The molecule has 0 atom stereocenters. The number of anilines is 1. The molecule has 1 aromatic rings. The number of pyridine rings is 1. The number of nitrogens with zero attached hydrogens (tertiary/aromatic N) is 3. The van der Waals surface area contributed by atoms with Gasteiger partial charge in [0.25, 0.3) is 0 Å². The third-order valence-corrected chi connectivity index (χ3v) is 3.92. The summed E-state index contributed by atoms with van der Waals surface area (Å²) in [7, 11) is 0. The SMILES string of the molecule is CCCNc1ncccc1CN1CCN(CC(C)C)CC1. The van der Waals surface area contributed by atoms with Gasteiger partial charge in [0.15, 0.2) is 0 Å². The fraction of sp³-hybridized carbons (Fsp3) is 0.706. The van der Waals surface area contributed by atoms with Crippen LogP contribution in [-0.4, -0.2) is 54.1 Å². The Balaban J connectivity index is 1.85. The summed E-state index contributed by atoms with van der Waals surface area (Å²) >= 11 is 0. The number of piperazine rings is 1. The minimum Gasteiger partial charge on any atom is -0.370 e. The average Bonchev–Trinajstić information content (AvgIpc) is 2.48. The fourth-order valence-electron chi connectivity index (χ4n) is 2.86. The van der Waals surface area contributed by atoms with E-state index in [4.69, 9.17) is 0 Å². The van der Waals surface area contributed by atoms with Gasteiger partial charge in [0.1, 0.15) is 5.82 Å². The number of hydrogen-bond acceptors (Lipinski definition) is 4. The molecule has 0 unspecified atom stereocenters. The Bertz CT molecular complexity index is 411. The molecule has 21 heavy (non-hydrogen) atoms. The van der Waals surface area contributed by atoms with Gasteiger partial charge in [-0.05, 0) is 18.4 Å². The first-order chi connectivity index (χ1) is 10.2. The van der Waals surface area contributed by atoms with Crippen molar-refractivity contribution in [3.8, 4) is 0 Å². The van der Waals surface area contributed by atoms with Gasteiger partial charge in [-0.1, -0.05) is 26.8 Å². The van der Waals surface area contributed by atoms with Crippen LogP contribution in [0.3, 0.4) is 0 Å². The van der Waals surface area contributed by atoms with Crippen LogP contribution in [0.5, 0.6) is 0 Å². The van der Waals surface area contributed by atoms with Crippen molar-refractivity contribution < 1.29 is 0 Å². The number of rotatable bonds is 7. The third kappa shape index (κ3) is 5.29. The quantitative estimate of drug-likeness (QED) is 0.836. The molecule has 1 aliphatic heterocycles.